The second-order valence-corrected chi connectivity index (χ2v) is 5.48. The summed E-state index contributed by atoms with van der Waals surface area (Å²) in [6, 6.07) is 5.39. The third-order valence-electron chi connectivity index (χ3n) is 3.96. The minimum absolute atomic E-state index is 0.0865. The molecule has 0 aromatic heterocycles. The van der Waals surface area contributed by atoms with E-state index in [0.29, 0.717) is 17.1 Å². The van der Waals surface area contributed by atoms with Crippen LogP contribution in [0.3, 0.4) is 0 Å². The predicted octanol–water partition coefficient (Wildman–Crippen LogP) is 2.63. The van der Waals surface area contributed by atoms with E-state index in [4.69, 9.17) is 4.74 Å². The number of hydrogen-bond donors (Lipinski definition) is 0. The van der Waals surface area contributed by atoms with Crippen molar-refractivity contribution in [1.29, 1.82) is 0 Å². The molecule has 0 unspecified atom stereocenters. The number of fused-ring (bicyclic) bond motifs is 2. The maximum absolute atomic E-state index is 12.5. The van der Waals surface area contributed by atoms with Crippen LogP contribution in [-0.2, 0) is 10.2 Å². The van der Waals surface area contributed by atoms with E-state index < -0.39 is 5.41 Å². The van der Waals surface area contributed by atoms with Crippen molar-refractivity contribution in [2.75, 3.05) is 7.11 Å². The zero-order valence-electron chi connectivity index (χ0n) is 11.6. The summed E-state index contributed by atoms with van der Waals surface area (Å²) < 4.78 is 6.12. The maximum atomic E-state index is 12.5. The molecule has 0 radical (unpaired) electrons. The molecule has 0 amide bonds. The van der Waals surface area contributed by atoms with Crippen molar-refractivity contribution >= 4 is 17.2 Å². The number of nitrogens with zero attached hydrogens (tertiary/aromatic N) is 1. The summed E-state index contributed by atoms with van der Waals surface area (Å²) in [4.78, 5) is 11.6. The van der Waals surface area contributed by atoms with Gasteiger partial charge in [0.2, 0.25) is 11.4 Å². The summed E-state index contributed by atoms with van der Waals surface area (Å²) in [5, 5.41) is 12.5. The van der Waals surface area contributed by atoms with Crippen LogP contribution in [0, 0.1) is 5.21 Å². The molecule has 0 N–H and O–H groups in total. The van der Waals surface area contributed by atoms with Crippen LogP contribution in [-0.4, -0.2) is 23.3 Å². The Labute approximate surface area is 117 Å². The number of carbonyl (C=O) groups excluding carboxylic acids is 1. The number of benzene rings is 1. The molecule has 0 fully saturated rings. The molecule has 0 spiro atoms. The minimum atomic E-state index is -0.416. The first-order valence-corrected chi connectivity index (χ1v) is 6.42. The van der Waals surface area contributed by atoms with Crippen LogP contribution in [0.5, 0.6) is 5.75 Å². The molecule has 20 heavy (non-hydrogen) atoms. The van der Waals surface area contributed by atoms with Gasteiger partial charge in [-0.25, -0.2) is 0 Å². The average Bonchev–Trinajstić information content (AvgIpc) is 2.44. The topological polar surface area (TPSA) is 52.4 Å². The lowest BCUT2D eigenvalue weighted by Crippen LogP contribution is -2.35. The van der Waals surface area contributed by atoms with Crippen molar-refractivity contribution in [2.45, 2.75) is 19.3 Å². The van der Waals surface area contributed by atoms with Crippen molar-refractivity contribution in [1.82, 2.24) is 0 Å². The number of ether oxygens (including phenoxy) is 1. The maximum Gasteiger partial charge on any atom is 0.221 e. The number of hydrogen-bond acceptors (Lipinski definition) is 3. The van der Waals surface area contributed by atoms with Gasteiger partial charge in [-0.05, 0) is 24.3 Å². The second-order valence-electron chi connectivity index (χ2n) is 5.48. The zero-order chi connectivity index (χ0) is 14.5. The summed E-state index contributed by atoms with van der Waals surface area (Å²) in [5.74, 6) is 0.614. The largest absolute Gasteiger partial charge is 0.618 e. The number of ketones is 1. The van der Waals surface area contributed by atoms with Gasteiger partial charge >= 0.3 is 0 Å². The van der Waals surface area contributed by atoms with Crippen molar-refractivity contribution < 1.29 is 14.3 Å². The van der Waals surface area contributed by atoms with E-state index in [9.17, 15) is 10.0 Å². The number of methoxy groups -OCH3 is 1. The molecule has 3 rings (SSSR count). The third-order valence-corrected chi connectivity index (χ3v) is 3.96. The highest BCUT2D eigenvalue weighted by molar-refractivity contribution is 6.19. The van der Waals surface area contributed by atoms with E-state index in [0.717, 1.165) is 15.9 Å². The van der Waals surface area contributed by atoms with E-state index in [1.807, 2.05) is 19.9 Å². The lowest BCUT2D eigenvalue weighted by atomic mass is 9.71. The molecule has 1 heterocycles. The fraction of sp³-hybridized carbons (Fsp3) is 0.250. The molecule has 4 nitrogen and oxygen atoms in total. The molecule has 0 atom stereocenters. The first kappa shape index (κ1) is 12.7. The van der Waals surface area contributed by atoms with Gasteiger partial charge in [-0.2, -0.15) is 4.74 Å². The SMILES string of the molecule is COc1ccc2c(c1)C(C)(C)C1=CC(=O)C=CC1=[N+]2[O-]. The van der Waals surface area contributed by atoms with Crippen molar-refractivity contribution in [3.63, 3.8) is 0 Å². The van der Waals surface area contributed by atoms with Crippen molar-refractivity contribution in [3.05, 3.63) is 52.8 Å². The third kappa shape index (κ3) is 1.61. The summed E-state index contributed by atoms with van der Waals surface area (Å²) in [5.41, 5.74) is 2.33. The van der Waals surface area contributed by atoms with Crippen LogP contribution in [0.25, 0.3) is 0 Å². The monoisotopic (exact) mass is 269 g/mol. The van der Waals surface area contributed by atoms with Crippen LogP contribution in [0.2, 0.25) is 0 Å². The average molecular weight is 269 g/mol. The van der Waals surface area contributed by atoms with Crippen molar-refractivity contribution in [3.8, 4) is 5.75 Å². The highest BCUT2D eigenvalue weighted by Gasteiger charge is 2.42. The normalized spacial score (nSPS) is 19.4. The number of carbonyl (C=O) groups is 1. The second kappa shape index (κ2) is 4.07. The lowest BCUT2D eigenvalue weighted by Gasteiger charge is -2.34. The quantitative estimate of drug-likeness (QED) is 0.447. The Morgan fingerprint density at radius 1 is 1.25 bits per heavy atom. The molecule has 1 aliphatic carbocycles. The number of rotatable bonds is 1. The fourth-order valence-electron chi connectivity index (χ4n) is 2.79. The highest BCUT2D eigenvalue weighted by atomic mass is 16.5. The molecule has 1 aromatic rings. The van der Waals surface area contributed by atoms with E-state index in [-0.39, 0.29) is 5.78 Å². The summed E-state index contributed by atoms with van der Waals surface area (Å²) in [6.07, 6.45) is 4.57. The standard InChI is InChI=1S/C16H15NO3/c1-16(2)12-8-10(18)4-6-14(12)17(19)15-7-5-11(20-3)9-13(15)16/h4-9H,1-3H3. The minimum Gasteiger partial charge on any atom is -0.618 e. The van der Waals surface area contributed by atoms with Gasteiger partial charge in [-0.3, -0.25) is 4.79 Å². The first-order valence-electron chi connectivity index (χ1n) is 6.42. The summed E-state index contributed by atoms with van der Waals surface area (Å²) >= 11 is 0. The Hall–Kier alpha value is -2.36. The highest BCUT2D eigenvalue weighted by Crippen LogP contribution is 2.44. The van der Waals surface area contributed by atoms with Crippen LogP contribution < -0.4 is 4.74 Å². The molecule has 102 valence electrons. The van der Waals surface area contributed by atoms with Gasteiger partial charge in [0.05, 0.1) is 7.11 Å². The first-order chi connectivity index (χ1) is 9.45. The zero-order valence-corrected chi connectivity index (χ0v) is 11.6. The van der Waals surface area contributed by atoms with Gasteiger partial charge in [0.15, 0.2) is 5.78 Å². The molecule has 0 saturated carbocycles. The fourth-order valence-corrected chi connectivity index (χ4v) is 2.79. The summed E-state index contributed by atoms with van der Waals surface area (Å²) in [6.45, 7) is 4.02. The Bertz CT molecular complexity index is 708. The summed E-state index contributed by atoms with van der Waals surface area (Å²) in [7, 11) is 1.59. The Morgan fingerprint density at radius 3 is 2.70 bits per heavy atom. The van der Waals surface area contributed by atoms with Crippen LogP contribution in [0.4, 0.5) is 5.69 Å². The molecule has 0 saturated heterocycles. The van der Waals surface area contributed by atoms with Gasteiger partial charge < -0.3 is 9.94 Å². The predicted molar refractivity (Wildman–Crippen MR) is 76.5 cm³/mol. The van der Waals surface area contributed by atoms with Gasteiger partial charge in [0.1, 0.15) is 5.75 Å². The Balaban J connectivity index is 2.33. The van der Waals surface area contributed by atoms with E-state index in [1.165, 1.54) is 6.08 Å². The van der Waals surface area contributed by atoms with E-state index in [2.05, 4.69) is 0 Å². The molecule has 2 aliphatic rings. The molecular weight excluding hydrogens is 254 g/mol. The van der Waals surface area contributed by atoms with Crippen LogP contribution >= 0.6 is 0 Å². The van der Waals surface area contributed by atoms with Crippen LogP contribution in [0.15, 0.2) is 42.0 Å². The molecule has 1 aromatic carbocycles. The lowest BCUT2D eigenvalue weighted by molar-refractivity contribution is -0.362. The molecule has 0 bridgehead atoms. The van der Waals surface area contributed by atoms with E-state index >= 15 is 0 Å². The van der Waals surface area contributed by atoms with Gasteiger partial charge in [0, 0.05) is 28.7 Å². The Kier molecular flexibility index (Phi) is 2.57. The van der Waals surface area contributed by atoms with Crippen molar-refractivity contribution in [2.24, 2.45) is 0 Å². The van der Waals surface area contributed by atoms with Gasteiger partial charge in [-0.1, -0.05) is 13.8 Å². The molecule has 1 aliphatic heterocycles. The smallest absolute Gasteiger partial charge is 0.221 e. The van der Waals surface area contributed by atoms with Crippen LogP contribution in [0.1, 0.15) is 19.4 Å². The molecule has 4 heteroatoms. The number of allylic oxidation sites excluding steroid dienone is 4. The van der Waals surface area contributed by atoms with Gasteiger partial charge in [0.25, 0.3) is 0 Å². The van der Waals surface area contributed by atoms with E-state index in [1.54, 1.807) is 31.4 Å². The van der Waals surface area contributed by atoms with Gasteiger partial charge in [-0.15, -0.1) is 0 Å². The molecular formula is C16H15NO3. The Morgan fingerprint density at radius 2 is 2.00 bits per heavy atom.